The molecule has 3 rings (SSSR count). The first-order valence-electron chi connectivity index (χ1n) is 6.94. The highest BCUT2D eigenvalue weighted by molar-refractivity contribution is 5.86. The van der Waals surface area contributed by atoms with Crippen LogP contribution < -0.4 is 0 Å². The molecule has 1 aliphatic carbocycles. The van der Waals surface area contributed by atoms with Crippen molar-refractivity contribution < 1.29 is 14.7 Å². The van der Waals surface area contributed by atoms with Gasteiger partial charge in [-0.3, -0.25) is 9.78 Å². The third-order valence-electron chi connectivity index (χ3n) is 3.76. The number of hydrogen-bond donors (Lipinski definition) is 1. The summed E-state index contributed by atoms with van der Waals surface area (Å²) in [7, 11) is 0. The highest BCUT2D eigenvalue weighted by atomic mass is 16.4. The van der Waals surface area contributed by atoms with Crippen LogP contribution in [-0.2, 0) is 9.59 Å². The number of carbonyl (C=O) groups excluding carboxylic acids is 1. The van der Waals surface area contributed by atoms with Crippen LogP contribution in [0.4, 0.5) is 0 Å². The van der Waals surface area contributed by atoms with Gasteiger partial charge >= 0.3 is 5.97 Å². The number of carboxylic acid groups (broad SMARTS) is 1. The normalized spacial score (nSPS) is 15.7. The van der Waals surface area contributed by atoms with Gasteiger partial charge in [0, 0.05) is 24.5 Å². The molecular formula is C16H16N2O3. The molecule has 108 valence electrons. The van der Waals surface area contributed by atoms with Gasteiger partial charge in [-0.05, 0) is 36.6 Å². The Kier molecular flexibility index (Phi) is 3.33. The summed E-state index contributed by atoms with van der Waals surface area (Å²) in [4.78, 5) is 29.3. The number of rotatable bonds is 4. The molecule has 1 aliphatic rings. The molecule has 1 amide bonds. The fourth-order valence-corrected chi connectivity index (χ4v) is 2.69. The predicted octanol–water partition coefficient (Wildman–Crippen LogP) is 2.37. The molecule has 0 radical (unpaired) electrons. The molecule has 0 spiro atoms. The van der Waals surface area contributed by atoms with Crippen LogP contribution in [0.15, 0.2) is 36.5 Å². The highest BCUT2D eigenvalue weighted by Crippen LogP contribution is 2.35. The Hall–Kier alpha value is -2.43. The van der Waals surface area contributed by atoms with Crippen LogP contribution in [0, 0.1) is 0 Å². The average molecular weight is 284 g/mol. The van der Waals surface area contributed by atoms with Crippen molar-refractivity contribution in [1.29, 1.82) is 0 Å². The molecule has 5 nitrogen and oxygen atoms in total. The lowest BCUT2D eigenvalue weighted by Gasteiger charge is -2.28. The van der Waals surface area contributed by atoms with Gasteiger partial charge in [0.25, 0.3) is 0 Å². The van der Waals surface area contributed by atoms with E-state index in [0.29, 0.717) is 5.56 Å². The van der Waals surface area contributed by atoms with E-state index in [-0.39, 0.29) is 11.9 Å². The van der Waals surface area contributed by atoms with E-state index in [1.807, 2.05) is 12.1 Å². The average Bonchev–Trinajstić information content (AvgIpc) is 3.27. The molecule has 1 aromatic heterocycles. The Morgan fingerprint density at radius 2 is 2.10 bits per heavy atom. The van der Waals surface area contributed by atoms with E-state index in [1.165, 1.54) is 11.8 Å². The quantitative estimate of drug-likeness (QED) is 0.935. The summed E-state index contributed by atoms with van der Waals surface area (Å²) in [6.45, 7) is 1.43. The van der Waals surface area contributed by atoms with Crippen molar-refractivity contribution in [3.8, 4) is 0 Å². The molecule has 1 atom stereocenters. The molecule has 0 bridgehead atoms. The third-order valence-corrected chi connectivity index (χ3v) is 3.76. The zero-order valence-electron chi connectivity index (χ0n) is 11.7. The van der Waals surface area contributed by atoms with Crippen molar-refractivity contribution in [2.75, 3.05) is 0 Å². The minimum Gasteiger partial charge on any atom is -0.479 e. The van der Waals surface area contributed by atoms with Gasteiger partial charge in [0.2, 0.25) is 5.91 Å². The Bertz CT molecular complexity index is 709. The zero-order chi connectivity index (χ0) is 15.0. The Morgan fingerprint density at radius 3 is 2.71 bits per heavy atom. The summed E-state index contributed by atoms with van der Waals surface area (Å²) < 4.78 is 0. The molecular weight excluding hydrogens is 268 g/mol. The van der Waals surface area contributed by atoms with Crippen molar-refractivity contribution in [2.24, 2.45) is 0 Å². The van der Waals surface area contributed by atoms with Crippen molar-refractivity contribution in [3.63, 3.8) is 0 Å². The van der Waals surface area contributed by atoms with E-state index in [1.54, 1.807) is 24.4 Å². The Balaban J connectivity index is 2.06. The topological polar surface area (TPSA) is 70.5 Å². The summed E-state index contributed by atoms with van der Waals surface area (Å²) in [5.41, 5.74) is 1.43. The number of nitrogens with zero attached hydrogens (tertiary/aromatic N) is 2. The van der Waals surface area contributed by atoms with E-state index in [9.17, 15) is 14.7 Å². The number of amides is 1. The number of fused-ring (bicyclic) bond motifs is 1. The maximum absolute atomic E-state index is 11.9. The molecule has 1 fully saturated rings. The first-order valence-corrected chi connectivity index (χ1v) is 6.94. The second kappa shape index (κ2) is 5.16. The lowest BCUT2D eigenvalue weighted by Crippen LogP contribution is -2.39. The van der Waals surface area contributed by atoms with E-state index in [0.717, 1.165) is 23.7 Å². The molecule has 1 N–H and O–H groups in total. The van der Waals surface area contributed by atoms with E-state index < -0.39 is 12.0 Å². The first kappa shape index (κ1) is 13.5. The fraction of sp³-hybridized carbons (Fsp3) is 0.312. The number of carboxylic acids is 1. The van der Waals surface area contributed by atoms with Crippen molar-refractivity contribution in [1.82, 2.24) is 9.88 Å². The van der Waals surface area contributed by atoms with Crippen molar-refractivity contribution in [3.05, 3.63) is 42.1 Å². The monoisotopic (exact) mass is 284 g/mol. The third kappa shape index (κ3) is 2.59. The molecule has 0 saturated heterocycles. The zero-order valence-corrected chi connectivity index (χ0v) is 11.7. The van der Waals surface area contributed by atoms with Gasteiger partial charge in [-0.1, -0.05) is 12.1 Å². The molecule has 1 aromatic carbocycles. The van der Waals surface area contributed by atoms with Gasteiger partial charge in [-0.15, -0.1) is 0 Å². The Labute approximate surface area is 122 Å². The summed E-state index contributed by atoms with van der Waals surface area (Å²) in [5, 5.41) is 10.5. The predicted molar refractivity (Wildman–Crippen MR) is 77.7 cm³/mol. The van der Waals surface area contributed by atoms with Crippen LogP contribution in [-0.4, -0.2) is 32.9 Å². The first-order chi connectivity index (χ1) is 10.1. The number of benzene rings is 1. The van der Waals surface area contributed by atoms with Gasteiger partial charge in [-0.2, -0.15) is 0 Å². The van der Waals surface area contributed by atoms with Crippen molar-refractivity contribution in [2.45, 2.75) is 31.8 Å². The smallest absolute Gasteiger partial charge is 0.331 e. The molecule has 21 heavy (non-hydrogen) atoms. The van der Waals surface area contributed by atoms with Gasteiger partial charge in [0.15, 0.2) is 6.04 Å². The van der Waals surface area contributed by atoms with Gasteiger partial charge in [0.1, 0.15) is 0 Å². The van der Waals surface area contributed by atoms with Crippen molar-refractivity contribution >= 4 is 22.8 Å². The number of aromatic nitrogens is 1. The summed E-state index contributed by atoms with van der Waals surface area (Å²) >= 11 is 0. The van der Waals surface area contributed by atoms with E-state index >= 15 is 0 Å². The fourth-order valence-electron chi connectivity index (χ4n) is 2.69. The second-order valence-electron chi connectivity index (χ2n) is 5.35. The van der Waals surface area contributed by atoms with Crippen LogP contribution in [0.25, 0.3) is 10.9 Å². The molecule has 2 aromatic rings. The highest BCUT2D eigenvalue weighted by Gasteiger charge is 2.39. The second-order valence-corrected chi connectivity index (χ2v) is 5.35. The molecule has 1 heterocycles. The number of pyridine rings is 1. The standard InChI is InChI=1S/C16H16N2O3/c1-10(19)18(13-5-6-13)15(16(20)21)12-4-7-14-11(9-12)3-2-8-17-14/h2-4,7-9,13,15H,5-6H2,1H3,(H,20,21). The molecule has 1 unspecified atom stereocenters. The van der Waals surface area contributed by atoms with Gasteiger partial charge in [0.05, 0.1) is 5.52 Å². The SMILES string of the molecule is CC(=O)N(C1CC1)C(C(=O)O)c1ccc2ncccc2c1. The summed E-state index contributed by atoms with van der Waals surface area (Å²) in [6.07, 6.45) is 3.44. The van der Waals surface area contributed by atoms with Gasteiger partial charge in [-0.25, -0.2) is 4.79 Å². The lowest BCUT2D eigenvalue weighted by atomic mass is 10.0. The van der Waals surface area contributed by atoms with E-state index in [2.05, 4.69) is 4.98 Å². The number of hydrogen-bond acceptors (Lipinski definition) is 3. The summed E-state index contributed by atoms with van der Waals surface area (Å²) in [6, 6.07) is 8.16. The molecule has 0 aliphatic heterocycles. The minimum absolute atomic E-state index is 0.0493. The Morgan fingerprint density at radius 1 is 1.33 bits per heavy atom. The maximum atomic E-state index is 11.9. The number of carbonyl (C=O) groups is 2. The van der Waals surface area contributed by atoms with E-state index in [4.69, 9.17) is 0 Å². The van der Waals surface area contributed by atoms with Gasteiger partial charge < -0.3 is 10.0 Å². The van der Waals surface area contributed by atoms with Crippen LogP contribution in [0.5, 0.6) is 0 Å². The van der Waals surface area contributed by atoms with Crippen LogP contribution in [0.1, 0.15) is 31.4 Å². The maximum Gasteiger partial charge on any atom is 0.331 e. The lowest BCUT2D eigenvalue weighted by molar-refractivity contribution is -0.150. The van der Waals surface area contributed by atoms with Crippen LogP contribution >= 0.6 is 0 Å². The van der Waals surface area contributed by atoms with Crippen LogP contribution in [0.2, 0.25) is 0 Å². The minimum atomic E-state index is -1.000. The number of aliphatic carboxylic acids is 1. The molecule has 1 saturated carbocycles. The molecule has 5 heteroatoms. The van der Waals surface area contributed by atoms with Crippen LogP contribution in [0.3, 0.4) is 0 Å². The largest absolute Gasteiger partial charge is 0.479 e. The summed E-state index contributed by atoms with van der Waals surface area (Å²) in [5.74, 6) is -1.20.